The number of non-ortho nitro benzene ring substituents is 1. The van der Waals surface area contributed by atoms with Crippen LogP contribution in [-0.4, -0.2) is 23.1 Å². The van der Waals surface area contributed by atoms with Crippen LogP contribution in [0.5, 0.6) is 11.5 Å². The third kappa shape index (κ3) is 5.75. The number of hydrogen-bond acceptors (Lipinski definition) is 6. The molecule has 9 heteroatoms. The summed E-state index contributed by atoms with van der Waals surface area (Å²) in [6.45, 7) is 0.191. The van der Waals surface area contributed by atoms with Crippen molar-refractivity contribution in [1.29, 1.82) is 5.26 Å². The number of methoxy groups -OCH3 is 1. The van der Waals surface area contributed by atoms with Crippen LogP contribution in [0.4, 0.5) is 5.69 Å². The molecule has 0 bridgehead atoms. The summed E-state index contributed by atoms with van der Waals surface area (Å²) in [6.07, 6.45) is 1.64. The predicted octanol–water partition coefficient (Wildman–Crippen LogP) is 5.71. The van der Waals surface area contributed by atoms with Crippen LogP contribution in [0.1, 0.15) is 27.0 Å². The van der Waals surface area contributed by atoms with Crippen molar-refractivity contribution in [3.8, 4) is 17.6 Å². The minimum absolute atomic E-state index is 0.0560. The Morgan fingerprint density at radius 2 is 1.79 bits per heavy atom. The second-order valence-electron chi connectivity index (χ2n) is 6.80. The van der Waals surface area contributed by atoms with Crippen LogP contribution in [0.25, 0.3) is 11.6 Å². The van der Waals surface area contributed by atoms with Crippen LogP contribution in [0, 0.1) is 21.4 Å². The van der Waals surface area contributed by atoms with Crippen molar-refractivity contribution in [3.05, 3.63) is 97.5 Å². The summed E-state index contributed by atoms with van der Waals surface area (Å²) < 4.78 is 11.9. The highest BCUT2D eigenvalue weighted by atomic mass is 79.9. The molecule has 1 N–H and O–H groups in total. The number of allylic oxidation sites excluding steroid dienone is 1. The first-order valence-electron chi connectivity index (χ1n) is 9.51. The second kappa shape index (κ2) is 10.4. The van der Waals surface area contributed by atoms with Gasteiger partial charge >= 0.3 is 5.97 Å². The molecule has 3 aromatic rings. The highest BCUT2D eigenvalue weighted by molar-refractivity contribution is 9.10. The van der Waals surface area contributed by atoms with Gasteiger partial charge in [-0.3, -0.25) is 10.1 Å². The van der Waals surface area contributed by atoms with Gasteiger partial charge in [-0.15, -0.1) is 0 Å². The highest BCUT2D eigenvalue weighted by Gasteiger charge is 2.13. The molecule has 0 aliphatic rings. The number of ether oxygens (including phenoxy) is 2. The van der Waals surface area contributed by atoms with E-state index in [9.17, 15) is 20.2 Å². The van der Waals surface area contributed by atoms with Gasteiger partial charge in [-0.1, -0.05) is 12.1 Å². The van der Waals surface area contributed by atoms with E-state index in [2.05, 4.69) is 22.0 Å². The normalized spacial score (nSPS) is 10.9. The fourth-order valence-corrected chi connectivity index (χ4v) is 3.55. The Balaban J connectivity index is 1.84. The van der Waals surface area contributed by atoms with Crippen LogP contribution in [0.2, 0.25) is 0 Å². The molecule has 0 aromatic heterocycles. The van der Waals surface area contributed by atoms with Crippen molar-refractivity contribution in [2.24, 2.45) is 0 Å². The largest absolute Gasteiger partial charge is 0.493 e. The van der Waals surface area contributed by atoms with Gasteiger partial charge in [-0.25, -0.2) is 4.79 Å². The van der Waals surface area contributed by atoms with Crippen LogP contribution >= 0.6 is 15.9 Å². The molecule has 8 nitrogen and oxygen atoms in total. The molecule has 0 spiro atoms. The van der Waals surface area contributed by atoms with Crippen LogP contribution in [0.15, 0.2) is 65.1 Å². The van der Waals surface area contributed by atoms with Gasteiger partial charge < -0.3 is 14.6 Å². The number of carbonyl (C=O) groups is 1. The lowest BCUT2D eigenvalue weighted by molar-refractivity contribution is -0.384. The predicted molar refractivity (Wildman–Crippen MR) is 125 cm³/mol. The van der Waals surface area contributed by atoms with E-state index in [1.165, 1.54) is 43.5 Å². The second-order valence-corrected chi connectivity index (χ2v) is 7.65. The average Bonchev–Trinajstić information content (AvgIpc) is 2.81. The van der Waals surface area contributed by atoms with Crippen LogP contribution < -0.4 is 9.47 Å². The molecule has 166 valence electrons. The summed E-state index contributed by atoms with van der Waals surface area (Å²) in [5, 5.41) is 29.4. The Morgan fingerprint density at radius 1 is 1.15 bits per heavy atom. The van der Waals surface area contributed by atoms with Gasteiger partial charge in [-0.2, -0.15) is 5.26 Å². The topological polar surface area (TPSA) is 123 Å². The number of carboxylic acids is 1. The van der Waals surface area contributed by atoms with Crippen molar-refractivity contribution in [3.63, 3.8) is 0 Å². The molecule has 0 aliphatic heterocycles. The smallest absolute Gasteiger partial charge is 0.335 e. The zero-order valence-electron chi connectivity index (χ0n) is 17.3. The zero-order valence-corrected chi connectivity index (χ0v) is 18.9. The lowest BCUT2D eigenvalue weighted by Gasteiger charge is -2.14. The molecule has 0 saturated carbocycles. The Kier molecular flexibility index (Phi) is 7.43. The number of rotatable bonds is 8. The number of benzene rings is 3. The van der Waals surface area contributed by atoms with Crippen LogP contribution in [0.3, 0.4) is 0 Å². The molecule has 0 fully saturated rings. The van der Waals surface area contributed by atoms with Crippen molar-refractivity contribution >= 4 is 39.2 Å². The number of carboxylic acid groups (broad SMARTS) is 1. The van der Waals surface area contributed by atoms with Gasteiger partial charge in [0.15, 0.2) is 11.5 Å². The monoisotopic (exact) mass is 508 g/mol. The molecule has 3 rings (SSSR count). The molecule has 3 aromatic carbocycles. The molecule has 0 amide bonds. The summed E-state index contributed by atoms with van der Waals surface area (Å²) in [5.74, 6) is -0.120. The van der Waals surface area contributed by atoms with Gasteiger partial charge in [0.05, 0.1) is 33.7 Å². The van der Waals surface area contributed by atoms with E-state index in [-0.39, 0.29) is 17.9 Å². The van der Waals surface area contributed by atoms with E-state index in [4.69, 9.17) is 14.6 Å². The maximum absolute atomic E-state index is 11.0. The Labute approximate surface area is 197 Å². The number of hydrogen-bond donors (Lipinski definition) is 1. The molecular formula is C24H17BrN2O6. The third-order valence-corrected chi connectivity index (χ3v) is 5.25. The fraction of sp³-hybridized carbons (Fsp3) is 0.0833. The lowest BCUT2D eigenvalue weighted by atomic mass is 10.0. The van der Waals surface area contributed by atoms with E-state index in [1.54, 1.807) is 30.3 Å². The van der Waals surface area contributed by atoms with Gasteiger partial charge in [0.2, 0.25) is 0 Å². The molecule has 0 unspecified atom stereocenters. The van der Waals surface area contributed by atoms with Crippen LogP contribution in [-0.2, 0) is 6.61 Å². The minimum atomic E-state index is -0.999. The van der Waals surface area contributed by atoms with E-state index in [0.717, 1.165) is 5.56 Å². The lowest BCUT2D eigenvalue weighted by Crippen LogP contribution is -2.01. The fourth-order valence-electron chi connectivity index (χ4n) is 2.97. The Hall–Kier alpha value is -4.16. The number of nitrogens with zero attached hydrogens (tertiary/aromatic N) is 2. The summed E-state index contributed by atoms with van der Waals surface area (Å²) >= 11 is 3.47. The Bertz CT molecular complexity index is 1260. The molecule has 0 saturated heterocycles. The quantitative estimate of drug-likeness (QED) is 0.179. The zero-order chi connectivity index (χ0) is 24.0. The van der Waals surface area contributed by atoms with E-state index < -0.39 is 10.9 Å². The first-order chi connectivity index (χ1) is 15.8. The van der Waals surface area contributed by atoms with Gasteiger partial charge in [0, 0.05) is 12.1 Å². The number of aromatic carboxylic acids is 1. The van der Waals surface area contributed by atoms with Gasteiger partial charge in [0.1, 0.15) is 6.61 Å². The number of halogens is 1. The molecule has 0 radical (unpaired) electrons. The number of nitriles is 1. The summed E-state index contributed by atoms with van der Waals surface area (Å²) in [6, 6.07) is 17.6. The van der Waals surface area contributed by atoms with Crippen molar-refractivity contribution in [2.75, 3.05) is 7.11 Å². The summed E-state index contributed by atoms with van der Waals surface area (Å²) in [5.41, 5.74) is 2.44. The highest BCUT2D eigenvalue weighted by Crippen LogP contribution is 2.38. The Morgan fingerprint density at radius 3 is 2.33 bits per heavy atom. The molecule has 33 heavy (non-hydrogen) atoms. The maximum atomic E-state index is 11.0. The molecular weight excluding hydrogens is 492 g/mol. The van der Waals surface area contributed by atoms with Crippen molar-refractivity contribution in [1.82, 2.24) is 0 Å². The summed E-state index contributed by atoms with van der Waals surface area (Å²) in [4.78, 5) is 21.3. The maximum Gasteiger partial charge on any atom is 0.335 e. The molecule has 0 heterocycles. The average molecular weight is 509 g/mol. The molecule has 0 aliphatic carbocycles. The third-order valence-electron chi connectivity index (χ3n) is 4.66. The SMILES string of the molecule is COc1cc(/C=C(\C#N)c2ccc([N+](=O)[O-])cc2)cc(Br)c1OCc1ccc(C(=O)O)cc1. The van der Waals surface area contributed by atoms with E-state index in [0.29, 0.717) is 32.7 Å². The van der Waals surface area contributed by atoms with E-state index >= 15 is 0 Å². The standard InChI is InChI=1S/C24H17BrN2O6/c1-32-22-12-16(10-19(13-26)17-6-8-20(9-7-17)27(30)31)11-21(25)23(22)33-14-15-2-4-18(5-3-15)24(28)29/h2-12H,14H2,1H3,(H,28,29)/b19-10+. The number of nitro benzene ring substituents is 1. The molecule has 0 atom stereocenters. The first-order valence-corrected chi connectivity index (χ1v) is 10.3. The van der Waals surface area contributed by atoms with Gasteiger partial charge in [-0.05, 0) is 75.1 Å². The minimum Gasteiger partial charge on any atom is -0.493 e. The van der Waals surface area contributed by atoms with Crippen molar-refractivity contribution < 1.29 is 24.3 Å². The van der Waals surface area contributed by atoms with Gasteiger partial charge in [0.25, 0.3) is 5.69 Å². The van der Waals surface area contributed by atoms with Crippen molar-refractivity contribution in [2.45, 2.75) is 6.61 Å². The number of nitro groups is 1. The van der Waals surface area contributed by atoms with E-state index in [1.807, 2.05) is 0 Å². The first kappa shape index (κ1) is 23.5. The summed E-state index contributed by atoms with van der Waals surface area (Å²) in [7, 11) is 1.49.